The summed E-state index contributed by atoms with van der Waals surface area (Å²) in [6, 6.07) is 0.616. The predicted octanol–water partition coefficient (Wildman–Crippen LogP) is 1.42. The summed E-state index contributed by atoms with van der Waals surface area (Å²) in [5, 5.41) is 27.9. The smallest absolute Gasteiger partial charge is 0.321 e. The van der Waals surface area contributed by atoms with Gasteiger partial charge >= 0.3 is 12.1 Å². The van der Waals surface area contributed by atoms with E-state index in [4.69, 9.17) is 5.11 Å². The highest BCUT2D eigenvalue weighted by Gasteiger charge is 2.28. The number of imide groups is 1. The summed E-state index contributed by atoms with van der Waals surface area (Å²) < 4.78 is 0. The molecule has 15 heteroatoms. The molecule has 0 aromatic rings. The van der Waals surface area contributed by atoms with Gasteiger partial charge in [-0.2, -0.15) is 0 Å². The minimum atomic E-state index is -0.393. The van der Waals surface area contributed by atoms with E-state index in [1.54, 1.807) is 26.1 Å². The van der Waals surface area contributed by atoms with Crippen LogP contribution in [0.15, 0.2) is 29.1 Å². The van der Waals surface area contributed by atoms with Crippen LogP contribution in [0.2, 0.25) is 0 Å². The third kappa shape index (κ3) is 14.3. The van der Waals surface area contributed by atoms with Crippen molar-refractivity contribution >= 4 is 41.8 Å². The Morgan fingerprint density at radius 3 is 1.66 bits per heavy atom. The molecule has 2 saturated heterocycles. The Kier molecular flexibility index (Phi) is 16.7. The van der Waals surface area contributed by atoms with Gasteiger partial charge in [-0.05, 0) is 47.6 Å². The van der Waals surface area contributed by atoms with Crippen LogP contribution in [0.25, 0.3) is 0 Å². The van der Waals surface area contributed by atoms with Gasteiger partial charge in [-0.25, -0.2) is 9.59 Å². The Morgan fingerprint density at radius 1 is 0.638 bits per heavy atom. The Bertz CT molecular complexity index is 1210. The lowest BCUT2D eigenvalue weighted by molar-refractivity contribution is -0.125. The van der Waals surface area contributed by atoms with Gasteiger partial charge in [-0.15, -0.1) is 0 Å². The van der Waals surface area contributed by atoms with Gasteiger partial charge in [0, 0.05) is 72.5 Å². The van der Waals surface area contributed by atoms with Gasteiger partial charge in [0.25, 0.3) is 0 Å². The number of aliphatic hydroxyl groups excluding tert-OH is 1. The molecule has 5 heterocycles. The molecule has 5 aliphatic heterocycles. The molecule has 7 amide bonds. The fraction of sp³-hybridized carbons (Fsp3) is 0.656. The maximum atomic E-state index is 10.9. The van der Waals surface area contributed by atoms with Crippen molar-refractivity contribution in [2.45, 2.75) is 105 Å². The van der Waals surface area contributed by atoms with Gasteiger partial charge in [0.1, 0.15) is 12.3 Å². The first-order valence-corrected chi connectivity index (χ1v) is 16.0. The number of nitrogens with one attached hydrogen (secondary N) is 7. The number of urea groups is 2. The van der Waals surface area contributed by atoms with Crippen LogP contribution in [0.1, 0.15) is 69.2 Å². The topological polar surface area (TPSA) is 219 Å². The van der Waals surface area contributed by atoms with E-state index in [1.165, 1.54) is 6.08 Å². The van der Waals surface area contributed by atoms with Gasteiger partial charge < -0.3 is 37.0 Å². The van der Waals surface area contributed by atoms with Crippen molar-refractivity contribution in [3.05, 3.63) is 24.1 Å². The number of allylic oxidation sites excluding steroid dienone is 1. The number of carbonyl (C=O) groups is 6. The number of aliphatic imine (C=N–C) groups is 1. The highest BCUT2D eigenvalue weighted by Crippen LogP contribution is 2.15. The van der Waals surface area contributed by atoms with Crippen molar-refractivity contribution in [2.24, 2.45) is 28.7 Å². The number of hydrogen-bond acceptors (Lipinski definition) is 9. The Hall–Kier alpha value is -4.43. The zero-order valence-electron chi connectivity index (χ0n) is 29.1. The van der Waals surface area contributed by atoms with Crippen LogP contribution in [0.3, 0.4) is 0 Å². The number of nitrogens with zero attached hydrogens (tertiary/aromatic N) is 1. The zero-order chi connectivity index (χ0) is 36.0. The van der Waals surface area contributed by atoms with Crippen LogP contribution in [0.5, 0.6) is 0 Å². The standard InChI is InChI=1S/C7H12N2O.C7H11NO2.C7H11NO.C6H10N2O2.C5H10N2O/c1-5-3-8-4-7(10)9-6(5)2;1-4-5(2)8-7(10)3-6(4)9;1-5-6(2)8-4-3-7(5)9;1-3-4(2)7-6(10)8-5(3)9;1-3-4(2)7-5(8)6-3/h3,5-6H,4H2,1-2H3,(H,9,10);3-5,9H,1-2H3,(H,8,10);3-6,8H,1-2H3;3-4H,1-2H3,(H2,7,8,9,10);3-4H,1-2H3,(H2,6,7,8). The van der Waals surface area contributed by atoms with Crippen LogP contribution < -0.4 is 37.2 Å². The fourth-order valence-electron chi connectivity index (χ4n) is 4.13. The molecule has 0 aromatic heterocycles. The summed E-state index contributed by atoms with van der Waals surface area (Å²) >= 11 is 0. The molecular formula is C32H54N8O7. The second-order valence-corrected chi connectivity index (χ2v) is 12.6. The molecule has 5 rings (SSSR count). The number of rotatable bonds is 0. The van der Waals surface area contributed by atoms with E-state index in [0.717, 1.165) is 0 Å². The molecule has 0 bridgehead atoms. The molecule has 0 spiro atoms. The highest BCUT2D eigenvalue weighted by molar-refractivity contribution is 5.98. The SMILES string of the molecule is CC1C=NCC(=O)NC1C.CC1NC(=O)C=C(O)C1C.CC1NC(=O)NC(=O)C1C.CC1NC(=O)NC1C.CC1NC=CC(=O)C1C. The predicted molar refractivity (Wildman–Crippen MR) is 179 cm³/mol. The van der Waals surface area contributed by atoms with Crippen molar-refractivity contribution in [3.8, 4) is 0 Å². The number of hydrogen-bond donors (Lipinski definition) is 8. The van der Waals surface area contributed by atoms with E-state index in [2.05, 4.69) is 42.2 Å². The fourth-order valence-corrected chi connectivity index (χ4v) is 4.13. The van der Waals surface area contributed by atoms with Crippen LogP contribution in [0, 0.1) is 23.7 Å². The molecule has 15 nitrogen and oxygen atoms in total. The Balaban J connectivity index is 0.000000294. The minimum absolute atomic E-state index is 0.0214. The number of ketones is 1. The highest BCUT2D eigenvalue weighted by atomic mass is 16.3. The average molecular weight is 663 g/mol. The summed E-state index contributed by atoms with van der Waals surface area (Å²) in [4.78, 5) is 68.2. The molecule has 47 heavy (non-hydrogen) atoms. The van der Waals surface area contributed by atoms with Crippen molar-refractivity contribution in [1.82, 2.24) is 37.2 Å². The normalized spacial score (nSPS) is 33.9. The first kappa shape index (κ1) is 40.6. The van der Waals surface area contributed by atoms with E-state index in [-0.39, 0.29) is 89.8 Å². The molecule has 2 fully saturated rings. The average Bonchev–Trinajstić information content (AvgIpc) is 3.19. The summed E-state index contributed by atoms with van der Waals surface area (Å²) in [6.45, 7) is 19.5. The maximum Gasteiger partial charge on any atom is 0.321 e. The molecule has 0 radical (unpaired) electrons. The van der Waals surface area contributed by atoms with E-state index in [9.17, 15) is 28.8 Å². The van der Waals surface area contributed by atoms with Crippen LogP contribution in [-0.2, 0) is 19.2 Å². The van der Waals surface area contributed by atoms with Gasteiger partial charge in [-0.3, -0.25) is 29.5 Å². The third-order valence-corrected chi connectivity index (χ3v) is 8.65. The van der Waals surface area contributed by atoms with Crippen molar-refractivity contribution < 1.29 is 33.9 Å². The van der Waals surface area contributed by atoms with E-state index in [0.29, 0.717) is 12.0 Å². The van der Waals surface area contributed by atoms with Gasteiger partial charge in [0.05, 0.1) is 5.92 Å². The Morgan fingerprint density at radius 2 is 1.19 bits per heavy atom. The Labute approximate surface area is 277 Å². The molecule has 10 atom stereocenters. The zero-order valence-corrected chi connectivity index (χ0v) is 29.1. The van der Waals surface area contributed by atoms with Gasteiger partial charge in [0.15, 0.2) is 5.78 Å². The molecule has 0 saturated carbocycles. The molecular weight excluding hydrogens is 608 g/mol. The van der Waals surface area contributed by atoms with Crippen molar-refractivity contribution in [1.29, 1.82) is 0 Å². The van der Waals surface area contributed by atoms with E-state index >= 15 is 0 Å². The van der Waals surface area contributed by atoms with Crippen LogP contribution in [0.4, 0.5) is 9.59 Å². The summed E-state index contributed by atoms with van der Waals surface area (Å²) in [5.74, 6) is 0.418. The number of carbonyl (C=O) groups excluding carboxylic acids is 6. The van der Waals surface area contributed by atoms with Crippen molar-refractivity contribution in [2.75, 3.05) is 6.54 Å². The summed E-state index contributed by atoms with van der Waals surface area (Å²) in [6.07, 6.45) is 6.37. The third-order valence-electron chi connectivity index (χ3n) is 8.65. The number of aliphatic hydroxyl groups is 1. The second-order valence-electron chi connectivity index (χ2n) is 12.6. The summed E-state index contributed by atoms with van der Waals surface area (Å²) in [7, 11) is 0. The van der Waals surface area contributed by atoms with Crippen molar-refractivity contribution in [3.63, 3.8) is 0 Å². The largest absolute Gasteiger partial charge is 0.512 e. The molecule has 5 aliphatic rings. The van der Waals surface area contributed by atoms with Crippen LogP contribution >= 0.6 is 0 Å². The first-order valence-electron chi connectivity index (χ1n) is 16.0. The molecule has 0 aliphatic carbocycles. The minimum Gasteiger partial charge on any atom is -0.512 e. The lowest BCUT2D eigenvalue weighted by atomic mass is 9.96. The maximum absolute atomic E-state index is 10.9. The van der Waals surface area contributed by atoms with Gasteiger partial charge in [0.2, 0.25) is 17.7 Å². The molecule has 8 N–H and O–H groups in total. The van der Waals surface area contributed by atoms with Gasteiger partial charge in [-0.1, -0.05) is 27.7 Å². The van der Waals surface area contributed by atoms with E-state index in [1.807, 2.05) is 61.6 Å². The number of amides is 7. The monoisotopic (exact) mass is 662 g/mol. The second kappa shape index (κ2) is 19.3. The van der Waals surface area contributed by atoms with Crippen LogP contribution in [-0.4, -0.2) is 89.7 Å². The molecule has 10 unspecified atom stereocenters. The lowest BCUT2D eigenvalue weighted by Gasteiger charge is -2.25. The quantitative estimate of drug-likeness (QED) is 0.189. The molecule has 0 aromatic carbocycles. The lowest BCUT2D eigenvalue weighted by Crippen LogP contribution is -2.56. The first-order chi connectivity index (χ1) is 21.8. The van der Waals surface area contributed by atoms with E-state index < -0.39 is 6.03 Å². The molecule has 264 valence electrons. The summed E-state index contributed by atoms with van der Waals surface area (Å²) in [5.41, 5.74) is 0.